The molecule has 1 unspecified atom stereocenters. The lowest BCUT2D eigenvalue weighted by molar-refractivity contribution is -0.161. The number of esters is 1. The Morgan fingerprint density at radius 1 is 0.667 bits per heavy atom. The summed E-state index contributed by atoms with van der Waals surface area (Å²) in [5.74, 6) is -1.92. The van der Waals surface area contributed by atoms with Crippen molar-refractivity contribution in [3.05, 3.63) is 167 Å². The van der Waals surface area contributed by atoms with E-state index in [0.717, 1.165) is 38.9 Å². The van der Waals surface area contributed by atoms with E-state index in [9.17, 15) is 14.7 Å². The molecule has 226 valence electrons. The molecule has 5 nitrogen and oxygen atoms in total. The fourth-order valence-electron chi connectivity index (χ4n) is 6.37. The van der Waals surface area contributed by atoms with Gasteiger partial charge in [-0.3, -0.25) is 0 Å². The molecular formula is C39H35NO4S. The normalized spacial score (nSPS) is 13.8. The van der Waals surface area contributed by atoms with Crippen LogP contribution in [0.1, 0.15) is 46.6 Å². The molecule has 0 radical (unpaired) electrons. The maximum atomic E-state index is 13.4. The summed E-state index contributed by atoms with van der Waals surface area (Å²) in [5, 5.41) is 10.2. The summed E-state index contributed by atoms with van der Waals surface area (Å²) in [7, 11) is 0. The van der Waals surface area contributed by atoms with Crippen molar-refractivity contribution in [3.8, 4) is 11.1 Å². The minimum atomic E-state index is -2.16. The summed E-state index contributed by atoms with van der Waals surface area (Å²) in [6.45, 7) is 0.0208. The van der Waals surface area contributed by atoms with Gasteiger partial charge in [-0.15, -0.1) is 11.8 Å². The van der Waals surface area contributed by atoms with Crippen molar-refractivity contribution >= 4 is 23.7 Å². The predicted molar refractivity (Wildman–Crippen MR) is 180 cm³/mol. The SMILES string of the molecule is NC(CCCSC(c1ccccc1)(c1ccccc1)c1ccccc1)(C(=O)O)C(=O)OCC1c2ccccc2-c2ccccc21. The van der Waals surface area contributed by atoms with E-state index in [1.165, 1.54) is 0 Å². The van der Waals surface area contributed by atoms with Crippen LogP contribution in [-0.2, 0) is 19.1 Å². The highest BCUT2D eigenvalue weighted by atomic mass is 32.2. The Kier molecular flexibility index (Phi) is 8.87. The first-order valence-corrected chi connectivity index (χ1v) is 16.1. The molecule has 5 aromatic rings. The second-order valence-corrected chi connectivity index (χ2v) is 12.6. The minimum Gasteiger partial charge on any atom is -0.479 e. The maximum Gasteiger partial charge on any atom is 0.337 e. The molecule has 0 amide bonds. The summed E-state index contributed by atoms with van der Waals surface area (Å²) in [4.78, 5) is 25.9. The Hall–Kier alpha value is -4.65. The van der Waals surface area contributed by atoms with Crippen LogP contribution in [0.5, 0.6) is 0 Å². The second kappa shape index (κ2) is 13.1. The third-order valence-corrected chi connectivity index (χ3v) is 10.3. The molecule has 0 heterocycles. The lowest BCUT2D eigenvalue weighted by atomic mass is 9.84. The molecule has 0 aliphatic heterocycles. The van der Waals surface area contributed by atoms with Crippen LogP contribution in [0, 0.1) is 0 Å². The number of thioether (sulfide) groups is 1. The number of carboxylic acid groups (broad SMARTS) is 1. The zero-order valence-corrected chi connectivity index (χ0v) is 25.7. The van der Waals surface area contributed by atoms with Crippen molar-refractivity contribution in [2.45, 2.75) is 29.0 Å². The quantitative estimate of drug-likeness (QED) is 0.0651. The summed E-state index contributed by atoms with van der Waals surface area (Å²) in [6, 6.07) is 46.9. The molecule has 0 bridgehead atoms. The number of carbonyl (C=O) groups excluding carboxylic acids is 1. The molecule has 6 rings (SSSR count). The van der Waals surface area contributed by atoms with Crippen LogP contribution in [0.15, 0.2) is 140 Å². The second-order valence-electron chi connectivity index (χ2n) is 11.3. The molecule has 1 aliphatic carbocycles. The number of hydrogen-bond acceptors (Lipinski definition) is 5. The molecule has 0 spiro atoms. The van der Waals surface area contributed by atoms with Crippen LogP contribution in [0.3, 0.4) is 0 Å². The van der Waals surface area contributed by atoms with Crippen LogP contribution in [-0.4, -0.2) is 34.9 Å². The zero-order chi connectivity index (χ0) is 31.3. The number of ether oxygens (including phenoxy) is 1. The monoisotopic (exact) mass is 613 g/mol. The molecule has 3 N–H and O–H groups in total. The van der Waals surface area contributed by atoms with Gasteiger partial charge in [-0.1, -0.05) is 140 Å². The molecule has 5 aromatic carbocycles. The highest BCUT2D eigenvalue weighted by Gasteiger charge is 2.45. The van der Waals surface area contributed by atoms with E-state index in [2.05, 4.69) is 48.5 Å². The molecule has 1 atom stereocenters. The summed E-state index contributed by atoms with van der Waals surface area (Å²) in [5.41, 5.74) is 11.8. The van der Waals surface area contributed by atoms with E-state index < -0.39 is 22.2 Å². The number of aliphatic carboxylic acids is 1. The Bertz CT molecular complexity index is 1640. The van der Waals surface area contributed by atoms with Crippen LogP contribution >= 0.6 is 11.8 Å². The Morgan fingerprint density at radius 3 is 1.53 bits per heavy atom. The standard InChI is InChI=1S/C39H35NO4S/c40-38(36(41)42,37(43)44-27-35-33-23-12-10-21-31(33)32-22-11-13-24-34(32)35)25-14-26-45-39(28-15-4-1-5-16-28,29-17-6-2-7-18-29)30-19-8-3-9-20-30/h1-13,15-24,35H,14,25-27,40H2,(H,41,42). The van der Waals surface area contributed by atoms with E-state index >= 15 is 0 Å². The van der Waals surface area contributed by atoms with Gasteiger partial charge in [0, 0.05) is 5.92 Å². The number of hydrogen-bond donors (Lipinski definition) is 2. The van der Waals surface area contributed by atoms with Crippen molar-refractivity contribution in [1.82, 2.24) is 0 Å². The Morgan fingerprint density at radius 2 is 1.09 bits per heavy atom. The van der Waals surface area contributed by atoms with Gasteiger partial charge in [0.2, 0.25) is 5.54 Å². The van der Waals surface area contributed by atoms with Crippen molar-refractivity contribution in [3.63, 3.8) is 0 Å². The smallest absolute Gasteiger partial charge is 0.337 e. The number of nitrogens with two attached hydrogens (primary N) is 1. The van der Waals surface area contributed by atoms with E-state index in [-0.39, 0.29) is 18.9 Å². The molecule has 0 saturated carbocycles. The molecular weight excluding hydrogens is 578 g/mol. The Balaban J connectivity index is 1.20. The first-order valence-electron chi connectivity index (χ1n) is 15.1. The van der Waals surface area contributed by atoms with Gasteiger partial charge in [0.15, 0.2) is 0 Å². The number of benzene rings is 5. The fraction of sp³-hybridized carbons (Fsp3) is 0.179. The van der Waals surface area contributed by atoms with E-state index in [1.807, 2.05) is 91.0 Å². The van der Waals surface area contributed by atoms with Gasteiger partial charge in [-0.25, -0.2) is 9.59 Å². The maximum absolute atomic E-state index is 13.4. The van der Waals surface area contributed by atoms with Gasteiger partial charge in [0.05, 0.1) is 4.75 Å². The Labute approximate surface area is 268 Å². The number of carbonyl (C=O) groups is 2. The third-order valence-electron chi connectivity index (χ3n) is 8.66. The van der Waals surface area contributed by atoms with Crippen molar-refractivity contribution in [2.24, 2.45) is 5.73 Å². The van der Waals surface area contributed by atoms with Crippen LogP contribution in [0.2, 0.25) is 0 Å². The van der Waals surface area contributed by atoms with Gasteiger partial charge >= 0.3 is 11.9 Å². The number of carboxylic acids is 1. The van der Waals surface area contributed by atoms with E-state index in [0.29, 0.717) is 12.2 Å². The minimum absolute atomic E-state index is 0.0208. The van der Waals surface area contributed by atoms with Gasteiger partial charge in [-0.05, 0) is 57.5 Å². The van der Waals surface area contributed by atoms with Gasteiger partial charge < -0.3 is 15.6 Å². The zero-order valence-electron chi connectivity index (χ0n) is 24.8. The highest BCUT2D eigenvalue weighted by Crippen LogP contribution is 2.49. The van der Waals surface area contributed by atoms with Crippen molar-refractivity contribution < 1.29 is 19.4 Å². The third kappa shape index (κ3) is 5.79. The van der Waals surface area contributed by atoms with Crippen LogP contribution in [0.25, 0.3) is 11.1 Å². The lowest BCUT2D eigenvalue weighted by Crippen LogP contribution is -2.56. The number of fused-ring (bicyclic) bond motifs is 3. The van der Waals surface area contributed by atoms with Crippen molar-refractivity contribution in [1.29, 1.82) is 0 Å². The van der Waals surface area contributed by atoms with E-state index in [1.54, 1.807) is 11.8 Å². The van der Waals surface area contributed by atoms with Gasteiger partial charge in [-0.2, -0.15) is 0 Å². The predicted octanol–water partition coefficient (Wildman–Crippen LogP) is 7.63. The number of rotatable bonds is 12. The van der Waals surface area contributed by atoms with Crippen LogP contribution in [0.4, 0.5) is 0 Å². The highest BCUT2D eigenvalue weighted by molar-refractivity contribution is 8.00. The molecule has 6 heteroatoms. The van der Waals surface area contributed by atoms with E-state index in [4.69, 9.17) is 10.5 Å². The largest absolute Gasteiger partial charge is 0.479 e. The van der Waals surface area contributed by atoms with Crippen molar-refractivity contribution in [2.75, 3.05) is 12.4 Å². The molecule has 0 saturated heterocycles. The summed E-state index contributed by atoms with van der Waals surface area (Å²) < 4.78 is 5.17. The topological polar surface area (TPSA) is 89.6 Å². The average molecular weight is 614 g/mol. The molecule has 45 heavy (non-hydrogen) atoms. The first kappa shape index (κ1) is 30.4. The summed E-state index contributed by atoms with van der Waals surface area (Å²) >= 11 is 1.71. The van der Waals surface area contributed by atoms with Crippen LogP contribution < -0.4 is 5.73 Å². The molecule has 0 fully saturated rings. The summed E-state index contributed by atoms with van der Waals surface area (Å²) in [6.07, 6.45) is 0.340. The fourth-order valence-corrected chi connectivity index (χ4v) is 7.87. The van der Waals surface area contributed by atoms with Gasteiger partial charge in [0.1, 0.15) is 6.61 Å². The van der Waals surface area contributed by atoms with Gasteiger partial charge in [0.25, 0.3) is 0 Å². The average Bonchev–Trinajstić information content (AvgIpc) is 3.41. The molecule has 0 aromatic heterocycles. The first-order chi connectivity index (χ1) is 21.9. The lowest BCUT2D eigenvalue weighted by Gasteiger charge is -2.36. The molecule has 1 aliphatic rings.